The average Bonchev–Trinajstić information content (AvgIpc) is 1.95. The number of rotatable bonds is 16. The van der Waals surface area contributed by atoms with Gasteiger partial charge in [0.25, 0.3) is 0 Å². The molecular formula is C86H62. The Morgan fingerprint density at radius 2 is 0.291 bits per heavy atom. The molecule has 13 aromatic rings. The van der Waals surface area contributed by atoms with Crippen molar-refractivity contribution in [3.63, 3.8) is 0 Å². The van der Waals surface area contributed by atoms with Crippen LogP contribution in [0.15, 0.2) is 352 Å². The molecule has 406 valence electrons. The molecule has 0 heteroatoms. The Hall–Kier alpha value is -11.2. The summed E-state index contributed by atoms with van der Waals surface area (Å²) >= 11 is 0. The van der Waals surface area contributed by atoms with E-state index in [0.29, 0.717) is 0 Å². The summed E-state index contributed by atoms with van der Waals surface area (Å²) in [5.41, 5.74) is 27.8. The SMILES string of the molecule is C(=C(c1ccccc1)c1ccccc1)c1ccc(-c2cc(-c3ccc(C=C(c4ccccc4)c4ccccc4)cc3)c(-c3ccc(C=C(c4ccccc4)c4ccccc4)cc3)cc2-c2ccc(C=C(c3ccccc3)c3ccccc3)cc2)cc1. The van der Waals surface area contributed by atoms with Crippen LogP contribution in [0.4, 0.5) is 0 Å². The van der Waals surface area contributed by atoms with E-state index in [-0.39, 0.29) is 0 Å². The molecule has 13 aromatic carbocycles. The van der Waals surface area contributed by atoms with Gasteiger partial charge in [-0.1, -0.05) is 340 Å². The molecule has 0 saturated carbocycles. The monoisotopic (exact) mass is 1090 g/mol. The van der Waals surface area contributed by atoms with Crippen molar-refractivity contribution in [3.8, 4) is 44.5 Å². The molecule has 0 nitrogen and oxygen atoms in total. The molecule has 0 aliphatic carbocycles. The lowest BCUT2D eigenvalue weighted by atomic mass is 9.84. The van der Waals surface area contributed by atoms with Crippen molar-refractivity contribution in [1.82, 2.24) is 0 Å². The minimum atomic E-state index is 1.13. The normalized spacial score (nSPS) is 10.8. The lowest BCUT2D eigenvalue weighted by Crippen LogP contribution is -1.94. The van der Waals surface area contributed by atoms with Gasteiger partial charge in [-0.15, -0.1) is 0 Å². The first-order chi connectivity index (χ1) is 42.6. The predicted molar refractivity (Wildman–Crippen MR) is 368 cm³/mol. The van der Waals surface area contributed by atoms with Crippen LogP contribution in [0.1, 0.15) is 66.8 Å². The second-order valence-electron chi connectivity index (χ2n) is 21.6. The molecule has 0 radical (unpaired) electrons. The van der Waals surface area contributed by atoms with E-state index >= 15 is 0 Å². The third-order valence-electron chi connectivity index (χ3n) is 16.0. The van der Waals surface area contributed by atoms with Gasteiger partial charge >= 0.3 is 0 Å². The molecule has 0 saturated heterocycles. The fraction of sp³-hybridized carbons (Fsp3) is 0. The van der Waals surface area contributed by atoms with Gasteiger partial charge in [0.2, 0.25) is 0 Å². The van der Waals surface area contributed by atoms with E-state index in [2.05, 4.69) is 376 Å². The predicted octanol–water partition coefficient (Wildman–Crippen LogP) is 22.7. The fourth-order valence-electron chi connectivity index (χ4n) is 11.5. The van der Waals surface area contributed by atoms with E-state index < -0.39 is 0 Å². The molecule has 13 rings (SSSR count). The van der Waals surface area contributed by atoms with Crippen LogP contribution in [0.2, 0.25) is 0 Å². The lowest BCUT2D eigenvalue weighted by molar-refractivity contribution is 1.52. The van der Waals surface area contributed by atoms with Crippen LogP contribution in [0, 0.1) is 0 Å². The van der Waals surface area contributed by atoms with Gasteiger partial charge in [0.1, 0.15) is 0 Å². The van der Waals surface area contributed by atoms with E-state index in [1.54, 1.807) is 0 Å². The van der Waals surface area contributed by atoms with Crippen LogP contribution in [0.25, 0.3) is 91.1 Å². The van der Waals surface area contributed by atoms with Gasteiger partial charge in [-0.3, -0.25) is 0 Å². The first kappa shape index (κ1) is 54.1. The minimum absolute atomic E-state index is 1.13. The standard InChI is InChI=1S/C86H62/c1-9-25-67(26-10-1)79(68-27-11-2-12-28-68)57-63-41-49-75(50-42-63)83-61-85(77-53-45-65(46-54-77)59-81(71-33-17-5-18-34-71)72-35-19-6-20-36-72)86(78-55-47-66(48-56-78)60-82(73-37-21-7-22-38-73)74-39-23-8-24-40-74)62-84(83)76-51-43-64(44-52-76)58-80(69-29-13-3-14-30-69)70-31-15-4-16-32-70/h1-62H. The zero-order valence-electron chi connectivity index (χ0n) is 47.8. The molecule has 86 heavy (non-hydrogen) atoms. The summed E-state index contributed by atoms with van der Waals surface area (Å²) in [7, 11) is 0. The van der Waals surface area contributed by atoms with Crippen molar-refractivity contribution in [2.75, 3.05) is 0 Å². The maximum atomic E-state index is 2.44. The molecule has 0 spiro atoms. The first-order valence-corrected chi connectivity index (χ1v) is 29.5. The molecule has 0 N–H and O–H groups in total. The third-order valence-corrected chi connectivity index (χ3v) is 16.0. The van der Waals surface area contributed by atoms with Gasteiger partial charge in [0.05, 0.1) is 0 Å². The maximum absolute atomic E-state index is 2.44. The Kier molecular flexibility index (Phi) is 16.3. The van der Waals surface area contributed by atoms with Crippen molar-refractivity contribution in [2.24, 2.45) is 0 Å². The van der Waals surface area contributed by atoms with E-state index in [4.69, 9.17) is 0 Å². The molecule has 0 aliphatic heterocycles. The summed E-state index contributed by atoms with van der Waals surface area (Å²) in [6.45, 7) is 0. The molecule has 0 heterocycles. The highest BCUT2D eigenvalue weighted by Crippen LogP contribution is 2.44. The molecule has 0 atom stereocenters. The summed E-state index contributed by atoms with van der Waals surface area (Å²) < 4.78 is 0. The third kappa shape index (κ3) is 12.6. The van der Waals surface area contributed by atoms with Gasteiger partial charge in [0, 0.05) is 0 Å². The summed E-state index contributed by atoms with van der Waals surface area (Å²) in [6, 6.07) is 127. The van der Waals surface area contributed by atoms with Gasteiger partial charge in [-0.2, -0.15) is 0 Å². The highest BCUT2D eigenvalue weighted by molar-refractivity contribution is 5.99. The topological polar surface area (TPSA) is 0 Å². The van der Waals surface area contributed by atoms with Gasteiger partial charge in [-0.25, -0.2) is 0 Å². The second kappa shape index (κ2) is 25.9. The Morgan fingerprint density at radius 3 is 0.430 bits per heavy atom. The average molecular weight is 1100 g/mol. The van der Waals surface area contributed by atoms with Gasteiger partial charge in [0.15, 0.2) is 0 Å². The highest BCUT2D eigenvalue weighted by Gasteiger charge is 2.18. The Bertz CT molecular complexity index is 3710. The van der Waals surface area contributed by atoms with E-state index in [1.165, 1.54) is 66.8 Å². The number of hydrogen-bond donors (Lipinski definition) is 0. The molecule has 0 aliphatic rings. The quantitative estimate of drug-likeness (QED) is 0.0846. The van der Waals surface area contributed by atoms with E-state index in [0.717, 1.165) is 66.8 Å². The summed E-state index contributed by atoms with van der Waals surface area (Å²) in [6.07, 6.45) is 9.25. The van der Waals surface area contributed by atoms with Crippen LogP contribution >= 0.6 is 0 Å². The summed E-state index contributed by atoms with van der Waals surface area (Å²) in [4.78, 5) is 0. The van der Waals surface area contributed by atoms with Crippen LogP contribution in [0.5, 0.6) is 0 Å². The summed E-state index contributed by atoms with van der Waals surface area (Å²) in [5, 5.41) is 0. The molecule has 0 bridgehead atoms. The largest absolute Gasteiger partial charge is 0.0622 e. The van der Waals surface area contributed by atoms with Crippen LogP contribution in [-0.4, -0.2) is 0 Å². The van der Waals surface area contributed by atoms with Crippen LogP contribution < -0.4 is 0 Å². The molecular weight excluding hydrogens is 1030 g/mol. The Morgan fingerprint density at radius 1 is 0.151 bits per heavy atom. The fourth-order valence-corrected chi connectivity index (χ4v) is 11.5. The Labute approximate surface area is 506 Å². The smallest absolute Gasteiger partial charge is 0.00988 e. The van der Waals surface area contributed by atoms with Crippen molar-refractivity contribution in [3.05, 3.63) is 419 Å². The number of hydrogen-bond acceptors (Lipinski definition) is 0. The maximum Gasteiger partial charge on any atom is -0.00988 e. The zero-order valence-corrected chi connectivity index (χ0v) is 47.8. The van der Waals surface area contributed by atoms with Crippen LogP contribution in [-0.2, 0) is 0 Å². The van der Waals surface area contributed by atoms with Crippen molar-refractivity contribution in [2.45, 2.75) is 0 Å². The van der Waals surface area contributed by atoms with Crippen molar-refractivity contribution in [1.29, 1.82) is 0 Å². The number of benzene rings is 13. The van der Waals surface area contributed by atoms with Gasteiger partial charge in [-0.05, 0) is 170 Å². The van der Waals surface area contributed by atoms with Crippen LogP contribution in [0.3, 0.4) is 0 Å². The minimum Gasteiger partial charge on any atom is -0.0622 e. The Balaban J connectivity index is 0.978. The first-order valence-electron chi connectivity index (χ1n) is 29.5. The lowest BCUT2D eigenvalue weighted by Gasteiger charge is -2.19. The molecule has 0 unspecified atom stereocenters. The van der Waals surface area contributed by atoms with Crippen molar-refractivity contribution < 1.29 is 0 Å². The van der Waals surface area contributed by atoms with E-state index in [9.17, 15) is 0 Å². The zero-order chi connectivity index (χ0) is 57.7. The molecule has 0 aromatic heterocycles. The second-order valence-corrected chi connectivity index (χ2v) is 21.6. The molecule has 0 amide bonds. The highest BCUT2D eigenvalue weighted by atomic mass is 14.2. The van der Waals surface area contributed by atoms with E-state index in [1.807, 2.05) is 0 Å². The van der Waals surface area contributed by atoms with Crippen molar-refractivity contribution >= 4 is 46.6 Å². The molecule has 0 fully saturated rings. The summed E-state index contributed by atoms with van der Waals surface area (Å²) in [5.74, 6) is 0. The van der Waals surface area contributed by atoms with Gasteiger partial charge < -0.3 is 0 Å².